The molecule has 3 rings (SSSR count). The van der Waals surface area contributed by atoms with E-state index in [4.69, 9.17) is 13.9 Å². The monoisotopic (exact) mass is 448 g/mol. The Hall–Kier alpha value is -3.22. The van der Waals surface area contributed by atoms with Crippen LogP contribution in [-0.4, -0.2) is 57.5 Å². The number of nitrogens with zero attached hydrogens (tertiary/aromatic N) is 2. The van der Waals surface area contributed by atoms with Gasteiger partial charge in [-0.1, -0.05) is 38.1 Å². The van der Waals surface area contributed by atoms with Crippen LogP contribution in [0.3, 0.4) is 0 Å². The van der Waals surface area contributed by atoms with Crippen LogP contribution in [-0.2, 0) is 9.47 Å². The molecule has 1 heterocycles. The lowest BCUT2D eigenvalue weighted by molar-refractivity contribution is 0.0627. The maximum Gasteiger partial charge on any atom is 0.254 e. The second-order valence-corrected chi connectivity index (χ2v) is 8.06. The van der Waals surface area contributed by atoms with Crippen molar-refractivity contribution >= 4 is 17.8 Å². The molecule has 0 radical (unpaired) electrons. The van der Waals surface area contributed by atoms with Crippen LogP contribution in [0.2, 0.25) is 0 Å². The van der Waals surface area contributed by atoms with Crippen molar-refractivity contribution in [2.45, 2.75) is 19.8 Å². The maximum atomic E-state index is 12.8. The number of carbonyl (C=O) groups excluding carboxylic acids is 1. The van der Waals surface area contributed by atoms with Gasteiger partial charge in [-0.3, -0.25) is 9.79 Å². The molecule has 6 nitrogen and oxygen atoms in total. The van der Waals surface area contributed by atoms with Crippen molar-refractivity contribution in [2.24, 2.45) is 4.99 Å². The van der Waals surface area contributed by atoms with E-state index in [0.717, 1.165) is 17.0 Å². The minimum absolute atomic E-state index is 0.0567. The van der Waals surface area contributed by atoms with Crippen LogP contribution in [0.4, 0.5) is 5.69 Å². The molecule has 0 atom stereocenters. The van der Waals surface area contributed by atoms with Gasteiger partial charge in [0.1, 0.15) is 11.5 Å². The third-order valence-electron chi connectivity index (χ3n) is 5.36. The lowest BCUT2D eigenvalue weighted by Crippen LogP contribution is -2.36. The third kappa shape index (κ3) is 6.88. The molecular formula is C27H32N2O4. The lowest BCUT2D eigenvalue weighted by Gasteiger charge is -2.22. The Morgan fingerprint density at radius 1 is 0.939 bits per heavy atom. The molecule has 0 spiro atoms. The number of benzene rings is 2. The predicted octanol–water partition coefficient (Wildman–Crippen LogP) is 5.56. The first kappa shape index (κ1) is 24.4. The van der Waals surface area contributed by atoms with E-state index in [1.165, 1.54) is 5.56 Å². The topological polar surface area (TPSA) is 64.3 Å². The fourth-order valence-corrected chi connectivity index (χ4v) is 3.34. The van der Waals surface area contributed by atoms with Gasteiger partial charge in [0, 0.05) is 38.4 Å². The average molecular weight is 449 g/mol. The largest absolute Gasteiger partial charge is 0.455 e. The van der Waals surface area contributed by atoms with Crippen LogP contribution < -0.4 is 0 Å². The first-order valence-electron chi connectivity index (χ1n) is 11.1. The first-order valence-corrected chi connectivity index (χ1v) is 11.1. The van der Waals surface area contributed by atoms with Gasteiger partial charge in [-0.2, -0.15) is 0 Å². The summed E-state index contributed by atoms with van der Waals surface area (Å²) in [5.74, 6) is 1.92. The van der Waals surface area contributed by atoms with E-state index in [-0.39, 0.29) is 5.91 Å². The summed E-state index contributed by atoms with van der Waals surface area (Å²) in [6.07, 6.45) is 1.69. The van der Waals surface area contributed by atoms with E-state index < -0.39 is 0 Å². The summed E-state index contributed by atoms with van der Waals surface area (Å²) in [5.41, 5.74) is 3.68. The molecule has 33 heavy (non-hydrogen) atoms. The van der Waals surface area contributed by atoms with E-state index in [2.05, 4.69) is 43.1 Å². The van der Waals surface area contributed by atoms with Crippen molar-refractivity contribution in [1.29, 1.82) is 0 Å². The van der Waals surface area contributed by atoms with Crippen molar-refractivity contribution in [2.75, 3.05) is 40.5 Å². The highest BCUT2D eigenvalue weighted by atomic mass is 16.5. The van der Waals surface area contributed by atoms with Crippen molar-refractivity contribution < 1.29 is 18.7 Å². The van der Waals surface area contributed by atoms with Crippen LogP contribution in [0.25, 0.3) is 11.3 Å². The molecule has 0 aliphatic carbocycles. The molecule has 0 saturated carbocycles. The van der Waals surface area contributed by atoms with Gasteiger partial charge in [0.25, 0.3) is 5.91 Å². The number of hydrogen-bond donors (Lipinski definition) is 0. The molecule has 0 unspecified atom stereocenters. The molecular weight excluding hydrogens is 416 g/mol. The van der Waals surface area contributed by atoms with Crippen molar-refractivity contribution in [3.8, 4) is 11.3 Å². The van der Waals surface area contributed by atoms with Gasteiger partial charge in [-0.15, -0.1) is 0 Å². The molecule has 0 bridgehead atoms. The second kappa shape index (κ2) is 12.1. The number of methoxy groups -OCH3 is 2. The van der Waals surface area contributed by atoms with Gasteiger partial charge in [-0.25, -0.2) is 0 Å². The van der Waals surface area contributed by atoms with E-state index in [9.17, 15) is 4.79 Å². The Balaban J connectivity index is 1.64. The summed E-state index contributed by atoms with van der Waals surface area (Å²) < 4.78 is 16.2. The average Bonchev–Trinajstić information content (AvgIpc) is 3.32. The van der Waals surface area contributed by atoms with E-state index in [1.54, 1.807) is 37.5 Å². The van der Waals surface area contributed by atoms with Crippen LogP contribution in [0.15, 0.2) is 70.1 Å². The molecule has 0 fully saturated rings. The number of ether oxygens (including phenoxy) is 2. The zero-order chi connectivity index (χ0) is 23.6. The predicted molar refractivity (Wildman–Crippen MR) is 132 cm³/mol. The van der Waals surface area contributed by atoms with Crippen molar-refractivity contribution in [3.05, 3.63) is 77.6 Å². The number of furan rings is 1. The summed E-state index contributed by atoms with van der Waals surface area (Å²) in [6, 6.07) is 19.5. The van der Waals surface area contributed by atoms with Crippen molar-refractivity contribution in [3.63, 3.8) is 0 Å². The van der Waals surface area contributed by atoms with Crippen LogP contribution in [0.1, 0.15) is 41.4 Å². The first-order chi connectivity index (χ1) is 16.0. The molecule has 3 aromatic rings. The lowest BCUT2D eigenvalue weighted by atomic mass is 10.0. The smallest absolute Gasteiger partial charge is 0.254 e. The van der Waals surface area contributed by atoms with Gasteiger partial charge in [-0.05, 0) is 47.9 Å². The Morgan fingerprint density at radius 2 is 1.58 bits per heavy atom. The molecule has 2 aromatic carbocycles. The highest BCUT2D eigenvalue weighted by molar-refractivity contribution is 5.94. The fourth-order valence-electron chi connectivity index (χ4n) is 3.34. The molecule has 1 amide bonds. The number of amides is 1. The highest BCUT2D eigenvalue weighted by Gasteiger charge is 2.15. The van der Waals surface area contributed by atoms with Gasteiger partial charge in [0.15, 0.2) is 0 Å². The van der Waals surface area contributed by atoms with Gasteiger partial charge in [0.05, 0.1) is 25.1 Å². The molecule has 0 saturated heterocycles. The van der Waals surface area contributed by atoms with Crippen LogP contribution in [0.5, 0.6) is 0 Å². The highest BCUT2D eigenvalue weighted by Crippen LogP contribution is 2.24. The molecule has 0 N–H and O–H groups in total. The van der Waals surface area contributed by atoms with E-state index in [0.29, 0.717) is 43.5 Å². The van der Waals surface area contributed by atoms with E-state index in [1.807, 2.05) is 24.3 Å². The summed E-state index contributed by atoms with van der Waals surface area (Å²) in [5, 5.41) is 0. The molecule has 174 valence electrons. The zero-order valence-electron chi connectivity index (χ0n) is 19.8. The third-order valence-corrected chi connectivity index (χ3v) is 5.36. The molecule has 0 aliphatic heterocycles. The molecule has 6 heteroatoms. The number of hydrogen-bond acceptors (Lipinski definition) is 5. The quantitative estimate of drug-likeness (QED) is 0.361. The Labute approximate surface area is 195 Å². The van der Waals surface area contributed by atoms with Gasteiger partial charge in [0.2, 0.25) is 0 Å². The number of rotatable bonds is 11. The molecule has 1 aromatic heterocycles. The summed E-state index contributed by atoms with van der Waals surface area (Å²) in [6.45, 7) is 6.34. The number of aliphatic imine (C=N–C) groups is 1. The number of carbonyl (C=O) groups is 1. The van der Waals surface area contributed by atoms with E-state index >= 15 is 0 Å². The minimum atomic E-state index is -0.0567. The Bertz CT molecular complexity index is 1030. The minimum Gasteiger partial charge on any atom is -0.455 e. The summed E-state index contributed by atoms with van der Waals surface area (Å²) >= 11 is 0. The normalized spacial score (nSPS) is 11.4. The summed E-state index contributed by atoms with van der Waals surface area (Å²) in [4.78, 5) is 19.0. The maximum absolute atomic E-state index is 12.8. The molecule has 0 aliphatic rings. The Morgan fingerprint density at radius 3 is 2.15 bits per heavy atom. The van der Waals surface area contributed by atoms with Crippen molar-refractivity contribution in [1.82, 2.24) is 4.90 Å². The fraction of sp³-hybridized carbons (Fsp3) is 0.333. The van der Waals surface area contributed by atoms with Gasteiger partial charge >= 0.3 is 0 Å². The Kier molecular flexibility index (Phi) is 8.98. The SMILES string of the molecule is COCCN(CCOC)C(=O)c1ccc(N=Cc2ccc(-c3ccc(C(C)C)cc3)o2)cc1. The van der Waals surface area contributed by atoms with Gasteiger partial charge < -0.3 is 18.8 Å². The zero-order valence-corrected chi connectivity index (χ0v) is 19.8. The second-order valence-electron chi connectivity index (χ2n) is 8.06. The van der Waals surface area contributed by atoms with Crippen LogP contribution >= 0.6 is 0 Å². The summed E-state index contributed by atoms with van der Waals surface area (Å²) in [7, 11) is 3.24. The standard InChI is InChI=1S/C27H32N2O4/c1-20(2)21-5-7-22(8-6-21)26-14-13-25(33-26)19-28-24-11-9-23(10-12-24)27(30)29(15-17-31-3)16-18-32-4/h5-14,19-20H,15-18H2,1-4H3. The van der Waals surface area contributed by atoms with Crippen LogP contribution in [0, 0.1) is 0 Å².